The molecule has 0 fully saturated rings. The summed E-state index contributed by atoms with van der Waals surface area (Å²) >= 11 is 7.46. The first-order valence-corrected chi connectivity index (χ1v) is 6.83. The lowest BCUT2D eigenvalue weighted by molar-refractivity contribution is 0.0932. The summed E-state index contributed by atoms with van der Waals surface area (Å²) in [7, 11) is 0. The number of benzene rings is 1. The summed E-state index contributed by atoms with van der Waals surface area (Å²) in [6.07, 6.45) is 0.776. The number of hydrogen-bond donors (Lipinski definition) is 1. The molecule has 4 nitrogen and oxygen atoms in total. The van der Waals surface area contributed by atoms with Crippen molar-refractivity contribution in [3.05, 3.63) is 46.5 Å². The van der Waals surface area contributed by atoms with Gasteiger partial charge in [-0.2, -0.15) is 0 Å². The van der Waals surface area contributed by atoms with Crippen molar-refractivity contribution in [2.45, 2.75) is 17.8 Å². The van der Waals surface area contributed by atoms with Crippen molar-refractivity contribution >= 4 is 29.0 Å². The van der Waals surface area contributed by atoms with E-state index in [9.17, 15) is 4.79 Å². The summed E-state index contributed by atoms with van der Waals surface area (Å²) in [6.45, 7) is 0. The van der Waals surface area contributed by atoms with Crippen LogP contribution in [0.2, 0.25) is 0 Å². The maximum Gasteiger partial charge on any atom is 0.273 e. The van der Waals surface area contributed by atoms with E-state index < -0.39 is 0 Å². The fraction of sp³-hybridized carbons (Fsp3) is 0.250. The van der Waals surface area contributed by atoms with E-state index >= 15 is 0 Å². The highest BCUT2D eigenvalue weighted by atomic mass is 35.5. The van der Waals surface area contributed by atoms with Gasteiger partial charge >= 0.3 is 0 Å². The number of carbonyl (C=O) groups is 1. The van der Waals surface area contributed by atoms with Gasteiger partial charge in [0.15, 0.2) is 5.69 Å². The zero-order valence-corrected chi connectivity index (χ0v) is 10.9. The van der Waals surface area contributed by atoms with Crippen molar-refractivity contribution in [1.29, 1.82) is 0 Å². The number of amides is 1. The number of alkyl halides is 1. The Hall–Kier alpha value is -1.46. The number of aromatic nitrogens is 2. The van der Waals surface area contributed by atoms with Gasteiger partial charge in [-0.15, -0.1) is 16.7 Å². The molecule has 18 heavy (non-hydrogen) atoms. The summed E-state index contributed by atoms with van der Waals surface area (Å²) in [5.41, 5.74) is 2.63. The number of carbonyl (C=O) groups excluding carboxylic acids is 1. The summed E-state index contributed by atoms with van der Waals surface area (Å²) in [6, 6.07) is 7.83. The monoisotopic (exact) mass is 279 g/mol. The standard InChI is InChI=1S/C12H10ClN3OS/c13-9-5-7-3-1-2-4-8(7)11(9)14-12(17)10-6-18-16-15-10/h1-4,6,9,11H,5H2,(H,14,17). The Bertz CT molecular complexity index is 572. The van der Waals surface area contributed by atoms with Crippen molar-refractivity contribution in [3.8, 4) is 0 Å². The van der Waals surface area contributed by atoms with Crippen LogP contribution in [0.4, 0.5) is 0 Å². The van der Waals surface area contributed by atoms with E-state index in [-0.39, 0.29) is 17.3 Å². The number of nitrogens with one attached hydrogen (secondary N) is 1. The zero-order chi connectivity index (χ0) is 12.5. The first kappa shape index (κ1) is 11.6. The molecule has 1 amide bonds. The minimum atomic E-state index is -0.226. The zero-order valence-electron chi connectivity index (χ0n) is 9.34. The highest BCUT2D eigenvalue weighted by Gasteiger charge is 2.32. The minimum absolute atomic E-state index is 0.113. The molecule has 92 valence electrons. The molecule has 6 heteroatoms. The topological polar surface area (TPSA) is 54.9 Å². The normalized spacial score (nSPS) is 21.6. The average Bonchev–Trinajstić information content (AvgIpc) is 2.98. The third-order valence-electron chi connectivity index (χ3n) is 3.05. The quantitative estimate of drug-likeness (QED) is 0.857. The van der Waals surface area contributed by atoms with Crippen LogP contribution in [0.1, 0.15) is 27.7 Å². The maximum atomic E-state index is 12.0. The van der Waals surface area contributed by atoms with Crippen LogP contribution in [-0.4, -0.2) is 20.9 Å². The molecular weight excluding hydrogens is 270 g/mol. The maximum absolute atomic E-state index is 12.0. The van der Waals surface area contributed by atoms with Gasteiger partial charge < -0.3 is 5.32 Å². The highest BCUT2D eigenvalue weighted by molar-refractivity contribution is 7.03. The molecule has 1 aromatic carbocycles. The van der Waals surface area contributed by atoms with Gasteiger partial charge in [0.25, 0.3) is 5.91 Å². The van der Waals surface area contributed by atoms with Crippen LogP contribution >= 0.6 is 23.1 Å². The van der Waals surface area contributed by atoms with Crippen LogP contribution < -0.4 is 5.32 Å². The predicted octanol–water partition coefficient (Wildman–Crippen LogP) is 2.17. The third kappa shape index (κ3) is 2.00. The Balaban J connectivity index is 1.83. The lowest BCUT2D eigenvalue weighted by atomic mass is 10.1. The van der Waals surface area contributed by atoms with Gasteiger partial charge in [-0.05, 0) is 29.1 Å². The number of halogens is 1. The summed E-state index contributed by atoms with van der Waals surface area (Å²) in [5.74, 6) is -0.226. The van der Waals surface area contributed by atoms with Gasteiger partial charge in [0, 0.05) is 5.38 Å². The molecule has 0 saturated heterocycles. The van der Waals surface area contributed by atoms with Gasteiger partial charge in [0.2, 0.25) is 0 Å². The van der Waals surface area contributed by atoms with Gasteiger partial charge in [-0.1, -0.05) is 28.8 Å². The molecule has 0 radical (unpaired) electrons. The molecule has 0 aliphatic heterocycles. The second-order valence-electron chi connectivity index (χ2n) is 4.16. The fourth-order valence-corrected chi connectivity index (χ4v) is 2.99. The second-order valence-corrected chi connectivity index (χ2v) is 5.33. The van der Waals surface area contributed by atoms with Crippen LogP contribution in [0.25, 0.3) is 0 Å². The van der Waals surface area contributed by atoms with Gasteiger partial charge in [-0.3, -0.25) is 4.79 Å². The Labute approximate surface area is 113 Å². The lowest BCUT2D eigenvalue weighted by Crippen LogP contribution is -2.32. The number of fused-ring (bicyclic) bond motifs is 1. The largest absolute Gasteiger partial charge is 0.342 e. The number of nitrogens with zero attached hydrogens (tertiary/aromatic N) is 2. The molecule has 2 atom stereocenters. The van der Waals surface area contributed by atoms with E-state index in [2.05, 4.69) is 14.9 Å². The smallest absolute Gasteiger partial charge is 0.273 e. The summed E-state index contributed by atoms with van der Waals surface area (Å²) in [4.78, 5) is 12.0. The Morgan fingerprint density at radius 1 is 1.44 bits per heavy atom. The molecule has 1 aliphatic rings. The molecule has 0 spiro atoms. The summed E-state index contributed by atoms with van der Waals surface area (Å²) in [5, 5.41) is 8.18. The van der Waals surface area contributed by atoms with Gasteiger partial charge in [0.05, 0.1) is 11.4 Å². The van der Waals surface area contributed by atoms with Gasteiger partial charge in [0.1, 0.15) is 0 Å². The molecule has 0 saturated carbocycles. The van der Waals surface area contributed by atoms with Crippen LogP contribution in [-0.2, 0) is 6.42 Å². The average molecular weight is 280 g/mol. The Morgan fingerprint density at radius 3 is 3.06 bits per heavy atom. The minimum Gasteiger partial charge on any atom is -0.342 e. The van der Waals surface area contributed by atoms with E-state index in [1.807, 2.05) is 24.3 Å². The molecule has 1 aromatic heterocycles. The van der Waals surface area contributed by atoms with E-state index in [1.165, 1.54) is 5.56 Å². The molecule has 2 unspecified atom stereocenters. The molecule has 1 heterocycles. The van der Waals surface area contributed by atoms with Crippen molar-refractivity contribution in [2.24, 2.45) is 0 Å². The SMILES string of the molecule is O=C(NC1c2ccccc2CC1Cl)c1csnn1. The first-order chi connectivity index (χ1) is 8.75. The van der Waals surface area contributed by atoms with Crippen LogP contribution in [0, 0.1) is 0 Å². The lowest BCUT2D eigenvalue weighted by Gasteiger charge is -2.16. The van der Waals surface area contributed by atoms with E-state index in [4.69, 9.17) is 11.6 Å². The molecule has 2 aromatic rings. The fourth-order valence-electron chi connectivity index (χ4n) is 2.19. The number of hydrogen-bond acceptors (Lipinski definition) is 4. The highest BCUT2D eigenvalue weighted by Crippen LogP contribution is 2.34. The Morgan fingerprint density at radius 2 is 2.28 bits per heavy atom. The molecule has 1 N–H and O–H groups in total. The van der Waals surface area contributed by atoms with Crippen LogP contribution in [0.3, 0.4) is 0 Å². The molecule has 3 rings (SSSR count). The second kappa shape index (κ2) is 4.66. The van der Waals surface area contributed by atoms with E-state index in [0.29, 0.717) is 5.69 Å². The molecule has 1 aliphatic carbocycles. The van der Waals surface area contributed by atoms with Crippen molar-refractivity contribution in [2.75, 3.05) is 0 Å². The number of rotatable bonds is 2. The molecular formula is C12H10ClN3OS. The van der Waals surface area contributed by atoms with Crippen LogP contribution in [0.5, 0.6) is 0 Å². The third-order valence-corrected chi connectivity index (χ3v) is 3.96. The Kier molecular flexibility index (Phi) is 3.01. The van der Waals surface area contributed by atoms with Crippen molar-refractivity contribution < 1.29 is 4.79 Å². The van der Waals surface area contributed by atoms with Crippen molar-refractivity contribution in [3.63, 3.8) is 0 Å². The van der Waals surface area contributed by atoms with Crippen LogP contribution in [0.15, 0.2) is 29.6 Å². The molecule has 0 bridgehead atoms. The van der Waals surface area contributed by atoms with Crippen molar-refractivity contribution in [1.82, 2.24) is 14.9 Å². The van der Waals surface area contributed by atoms with Gasteiger partial charge in [-0.25, -0.2) is 0 Å². The van der Waals surface area contributed by atoms with E-state index in [1.54, 1.807) is 5.38 Å². The predicted molar refractivity (Wildman–Crippen MR) is 69.9 cm³/mol. The summed E-state index contributed by atoms with van der Waals surface area (Å²) < 4.78 is 3.68. The van der Waals surface area contributed by atoms with E-state index in [0.717, 1.165) is 23.5 Å². The first-order valence-electron chi connectivity index (χ1n) is 5.55.